The summed E-state index contributed by atoms with van der Waals surface area (Å²) in [5, 5.41) is 12.0. The molecule has 0 saturated heterocycles. The highest BCUT2D eigenvalue weighted by Gasteiger charge is 2.20. The van der Waals surface area contributed by atoms with Crippen molar-refractivity contribution in [1.82, 2.24) is 15.5 Å². The molecule has 20 heavy (non-hydrogen) atoms. The van der Waals surface area contributed by atoms with Gasteiger partial charge in [0, 0.05) is 24.8 Å². The molecule has 1 aliphatic rings. The maximum atomic E-state index is 4.37. The van der Waals surface area contributed by atoms with E-state index in [2.05, 4.69) is 70.7 Å². The summed E-state index contributed by atoms with van der Waals surface area (Å²) in [5.41, 5.74) is 3.63. The number of anilines is 2. The Hall–Kier alpha value is -1.94. The molecule has 0 amide bonds. The largest absolute Gasteiger partial charge is 0.324 e. The topological polar surface area (TPSA) is 41.0 Å². The lowest BCUT2D eigenvalue weighted by molar-refractivity contribution is 0.577. The lowest BCUT2D eigenvalue weighted by Gasteiger charge is -2.17. The molecule has 3 rings (SSSR count). The Kier molecular flexibility index (Phi) is 3.65. The molecule has 0 spiro atoms. The van der Waals surface area contributed by atoms with E-state index in [1.165, 1.54) is 11.3 Å². The Bertz CT molecular complexity index is 577. The van der Waals surface area contributed by atoms with E-state index in [-0.39, 0.29) is 0 Å². The van der Waals surface area contributed by atoms with Gasteiger partial charge in [-0.15, -0.1) is 5.10 Å². The van der Waals surface area contributed by atoms with Crippen LogP contribution in [-0.2, 0) is 13.0 Å². The molecule has 2 aromatic rings. The quantitative estimate of drug-likeness (QED) is 0.925. The van der Waals surface area contributed by atoms with Gasteiger partial charge in [0.25, 0.3) is 0 Å². The molecule has 0 saturated carbocycles. The van der Waals surface area contributed by atoms with Crippen molar-refractivity contribution >= 4 is 11.5 Å². The van der Waals surface area contributed by atoms with Crippen molar-refractivity contribution in [3.8, 4) is 0 Å². The molecule has 2 heterocycles. The highest BCUT2D eigenvalue weighted by Crippen LogP contribution is 2.32. The molecule has 0 aliphatic carbocycles. The van der Waals surface area contributed by atoms with Crippen molar-refractivity contribution in [3.05, 3.63) is 47.7 Å². The monoisotopic (exact) mass is 268 g/mol. The standard InChI is InChI=1S/C16H20N4/c1-12(2)17-11-14-7-8-16(19-18-14)20-10-9-13-5-3-4-6-15(13)20/h3-8,12,17H,9-11H2,1-2H3. The molecule has 0 radical (unpaired) electrons. The first-order valence-electron chi connectivity index (χ1n) is 7.15. The number of hydrogen-bond donors (Lipinski definition) is 1. The number of nitrogens with zero attached hydrogens (tertiary/aromatic N) is 3. The average molecular weight is 268 g/mol. The molecule has 0 atom stereocenters. The molecule has 4 heteroatoms. The second kappa shape index (κ2) is 5.59. The number of aromatic nitrogens is 2. The van der Waals surface area contributed by atoms with Crippen LogP contribution in [0.4, 0.5) is 11.5 Å². The van der Waals surface area contributed by atoms with E-state index in [1.54, 1.807) is 0 Å². The van der Waals surface area contributed by atoms with E-state index >= 15 is 0 Å². The summed E-state index contributed by atoms with van der Waals surface area (Å²) in [4.78, 5) is 2.24. The van der Waals surface area contributed by atoms with Gasteiger partial charge in [0.05, 0.1) is 5.69 Å². The Labute approximate surface area is 119 Å². The lowest BCUT2D eigenvalue weighted by atomic mass is 10.2. The smallest absolute Gasteiger partial charge is 0.155 e. The number of nitrogens with one attached hydrogen (secondary N) is 1. The summed E-state index contributed by atoms with van der Waals surface area (Å²) in [5.74, 6) is 0.934. The van der Waals surface area contributed by atoms with Gasteiger partial charge in [0.1, 0.15) is 0 Å². The van der Waals surface area contributed by atoms with Crippen molar-refractivity contribution in [3.63, 3.8) is 0 Å². The van der Waals surface area contributed by atoms with Crippen molar-refractivity contribution in [2.75, 3.05) is 11.4 Å². The summed E-state index contributed by atoms with van der Waals surface area (Å²) in [7, 11) is 0. The van der Waals surface area contributed by atoms with E-state index < -0.39 is 0 Å². The maximum Gasteiger partial charge on any atom is 0.155 e. The zero-order chi connectivity index (χ0) is 13.9. The Morgan fingerprint density at radius 3 is 2.75 bits per heavy atom. The van der Waals surface area contributed by atoms with Crippen LogP contribution < -0.4 is 10.2 Å². The fourth-order valence-corrected chi connectivity index (χ4v) is 2.48. The van der Waals surface area contributed by atoms with Crippen LogP contribution in [0.1, 0.15) is 25.1 Å². The molecule has 1 aromatic heterocycles. The van der Waals surface area contributed by atoms with Crippen LogP contribution in [0.15, 0.2) is 36.4 Å². The van der Waals surface area contributed by atoms with Gasteiger partial charge < -0.3 is 10.2 Å². The second-order valence-electron chi connectivity index (χ2n) is 5.45. The maximum absolute atomic E-state index is 4.37. The van der Waals surface area contributed by atoms with Gasteiger partial charge in [-0.3, -0.25) is 0 Å². The van der Waals surface area contributed by atoms with Gasteiger partial charge in [-0.25, -0.2) is 0 Å². The van der Waals surface area contributed by atoms with Crippen LogP contribution in [0.3, 0.4) is 0 Å². The van der Waals surface area contributed by atoms with Crippen LogP contribution in [0.25, 0.3) is 0 Å². The number of para-hydroxylation sites is 1. The van der Waals surface area contributed by atoms with Crippen LogP contribution in [-0.4, -0.2) is 22.8 Å². The van der Waals surface area contributed by atoms with Gasteiger partial charge in [-0.05, 0) is 30.2 Å². The molecule has 104 valence electrons. The summed E-state index contributed by atoms with van der Waals surface area (Å²) in [6.07, 6.45) is 1.08. The van der Waals surface area contributed by atoms with E-state index in [9.17, 15) is 0 Å². The SMILES string of the molecule is CC(C)NCc1ccc(N2CCc3ccccc32)nn1. The third-order valence-corrected chi connectivity index (χ3v) is 3.56. The number of fused-ring (bicyclic) bond motifs is 1. The summed E-state index contributed by atoms with van der Waals surface area (Å²) in [6.45, 7) is 6.01. The first-order chi connectivity index (χ1) is 9.74. The average Bonchev–Trinajstić information content (AvgIpc) is 2.89. The van der Waals surface area contributed by atoms with Gasteiger partial charge in [-0.2, -0.15) is 5.10 Å². The molecule has 0 fully saturated rings. The summed E-state index contributed by atoms with van der Waals surface area (Å²) in [6, 6.07) is 13.1. The molecule has 1 aromatic carbocycles. The lowest BCUT2D eigenvalue weighted by Crippen LogP contribution is -2.23. The molecular formula is C16H20N4. The molecule has 1 aliphatic heterocycles. The van der Waals surface area contributed by atoms with Crippen molar-refractivity contribution in [2.45, 2.75) is 32.9 Å². The normalized spacial score (nSPS) is 13.8. The van der Waals surface area contributed by atoms with Gasteiger partial charge in [0.15, 0.2) is 5.82 Å². The first kappa shape index (κ1) is 13.1. The predicted octanol–water partition coefficient (Wildman–Crippen LogP) is 2.67. The third kappa shape index (κ3) is 2.65. The van der Waals surface area contributed by atoms with Gasteiger partial charge in [0.2, 0.25) is 0 Å². The fraction of sp³-hybridized carbons (Fsp3) is 0.375. The Morgan fingerprint density at radius 1 is 1.15 bits per heavy atom. The van der Waals surface area contributed by atoms with E-state index in [4.69, 9.17) is 0 Å². The van der Waals surface area contributed by atoms with Crippen LogP contribution >= 0.6 is 0 Å². The highest BCUT2D eigenvalue weighted by molar-refractivity contribution is 5.67. The van der Waals surface area contributed by atoms with Crippen LogP contribution in [0.2, 0.25) is 0 Å². The number of hydrogen-bond acceptors (Lipinski definition) is 4. The van der Waals surface area contributed by atoms with E-state index in [0.717, 1.165) is 31.0 Å². The van der Waals surface area contributed by atoms with Crippen LogP contribution in [0.5, 0.6) is 0 Å². The summed E-state index contributed by atoms with van der Waals surface area (Å²) < 4.78 is 0. The minimum atomic E-state index is 0.460. The number of benzene rings is 1. The highest BCUT2D eigenvalue weighted by atomic mass is 15.3. The molecule has 1 N–H and O–H groups in total. The first-order valence-corrected chi connectivity index (χ1v) is 7.15. The summed E-state index contributed by atoms with van der Waals surface area (Å²) >= 11 is 0. The zero-order valence-electron chi connectivity index (χ0n) is 12.0. The van der Waals surface area contributed by atoms with Crippen LogP contribution in [0, 0.1) is 0 Å². The second-order valence-corrected chi connectivity index (χ2v) is 5.45. The van der Waals surface area contributed by atoms with Crippen molar-refractivity contribution in [2.24, 2.45) is 0 Å². The molecular weight excluding hydrogens is 248 g/mol. The third-order valence-electron chi connectivity index (χ3n) is 3.56. The number of rotatable bonds is 4. The zero-order valence-corrected chi connectivity index (χ0v) is 12.0. The van der Waals surface area contributed by atoms with Crippen molar-refractivity contribution in [1.29, 1.82) is 0 Å². The molecule has 0 bridgehead atoms. The minimum Gasteiger partial charge on any atom is -0.324 e. The molecule has 0 unspecified atom stereocenters. The van der Waals surface area contributed by atoms with Crippen molar-refractivity contribution < 1.29 is 0 Å². The van der Waals surface area contributed by atoms with E-state index in [0.29, 0.717) is 6.04 Å². The van der Waals surface area contributed by atoms with E-state index in [1.807, 2.05) is 0 Å². The minimum absolute atomic E-state index is 0.460. The van der Waals surface area contributed by atoms with Gasteiger partial charge in [-0.1, -0.05) is 32.0 Å². The Morgan fingerprint density at radius 2 is 2.00 bits per heavy atom. The predicted molar refractivity (Wildman–Crippen MR) is 81.2 cm³/mol. The fourth-order valence-electron chi connectivity index (χ4n) is 2.48. The molecule has 4 nitrogen and oxygen atoms in total. The van der Waals surface area contributed by atoms with Gasteiger partial charge >= 0.3 is 0 Å². The Balaban J connectivity index is 1.76.